The standard InChI is InChI=1S/C27H35FO8/c1-4-6-12-34-25-17-21(18-26(27(29)30)33-5-2)8-10-24(25)35-13-11-20-7-9-23(22(28)16-20)36-19-32-15-14-31-3/h7-10,16-18H,4-6,11-15,19H2,1-3H3,(H,29,30)/b26-18-. The van der Waals surface area contributed by atoms with Crippen LogP contribution in [-0.4, -0.2) is 58.0 Å². The van der Waals surface area contributed by atoms with Crippen LogP contribution in [0.4, 0.5) is 4.39 Å². The summed E-state index contributed by atoms with van der Waals surface area (Å²) in [6.45, 7) is 5.55. The normalized spacial score (nSPS) is 11.3. The van der Waals surface area contributed by atoms with E-state index in [1.807, 2.05) is 0 Å². The summed E-state index contributed by atoms with van der Waals surface area (Å²) in [5.74, 6) is -0.646. The Balaban J connectivity index is 2.01. The van der Waals surface area contributed by atoms with Crippen molar-refractivity contribution in [3.8, 4) is 17.2 Å². The molecule has 0 bridgehead atoms. The fourth-order valence-corrected chi connectivity index (χ4v) is 3.05. The van der Waals surface area contributed by atoms with Gasteiger partial charge in [-0.2, -0.15) is 0 Å². The van der Waals surface area contributed by atoms with E-state index in [0.29, 0.717) is 49.9 Å². The Morgan fingerprint density at radius 3 is 2.42 bits per heavy atom. The average molecular weight is 507 g/mol. The van der Waals surface area contributed by atoms with Crippen LogP contribution >= 0.6 is 0 Å². The Morgan fingerprint density at radius 2 is 1.72 bits per heavy atom. The minimum Gasteiger partial charge on any atom is -0.490 e. The van der Waals surface area contributed by atoms with Crippen LogP contribution in [0.1, 0.15) is 37.8 Å². The summed E-state index contributed by atoms with van der Waals surface area (Å²) in [6.07, 6.45) is 3.74. The molecule has 0 atom stereocenters. The van der Waals surface area contributed by atoms with E-state index in [-0.39, 0.29) is 24.9 Å². The summed E-state index contributed by atoms with van der Waals surface area (Å²) >= 11 is 0. The molecule has 0 unspecified atom stereocenters. The van der Waals surface area contributed by atoms with Crippen LogP contribution in [0.3, 0.4) is 0 Å². The number of ether oxygens (including phenoxy) is 6. The molecular weight excluding hydrogens is 471 g/mol. The topological polar surface area (TPSA) is 92.7 Å². The second-order valence-corrected chi connectivity index (χ2v) is 7.68. The number of hydrogen-bond donors (Lipinski definition) is 1. The lowest BCUT2D eigenvalue weighted by Crippen LogP contribution is -2.09. The van der Waals surface area contributed by atoms with Gasteiger partial charge in [0.15, 0.2) is 29.9 Å². The molecule has 0 aliphatic rings. The molecule has 0 aliphatic heterocycles. The highest BCUT2D eigenvalue weighted by Crippen LogP contribution is 2.30. The number of carbonyl (C=O) groups is 1. The summed E-state index contributed by atoms with van der Waals surface area (Å²) in [6, 6.07) is 9.90. The molecule has 2 rings (SSSR count). The number of rotatable bonds is 18. The van der Waals surface area contributed by atoms with Crippen molar-refractivity contribution in [3.63, 3.8) is 0 Å². The zero-order chi connectivity index (χ0) is 26.2. The van der Waals surface area contributed by atoms with E-state index >= 15 is 0 Å². The maximum Gasteiger partial charge on any atom is 0.371 e. The van der Waals surface area contributed by atoms with Gasteiger partial charge < -0.3 is 33.5 Å². The molecule has 0 fully saturated rings. The Hall–Kier alpha value is -3.30. The van der Waals surface area contributed by atoms with Crippen LogP contribution in [0.25, 0.3) is 6.08 Å². The molecule has 0 heterocycles. The number of carboxylic acids is 1. The highest BCUT2D eigenvalue weighted by Gasteiger charge is 2.12. The Morgan fingerprint density at radius 1 is 0.944 bits per heavy atom. The van der Waals surface area contributed by atoms with Crippen LogP contribution in [0.15, 0.2) is 42.2 Å². The molecule has 36 heavy (non-hydrogen) atoms. The van der Waals surface area contributed by atoms with Gasteiger partial charge in [0, 0.05) is 13.5 Å². The molecule has 0 saturated carbocycles. The Labute approximate surface area is 211 Å². The molecule has 0 saturated heterocycles. The molecule has 2 aromatic rings. The monoisotopic (exact) mass is 506 g/mol. The van der Waals surface area contributed by atoms with E-state index in [9.17, 15) is 14.3 Å². The fourth-order valence-electron chi connectivity index (χ4n) is 3.05. The summed E-state index contributed by atoms with van der Waals surface area (Å²) in [5.41, 5.74) is 1.36. The summed E-state index contributed by atoms with van der Waals surface area (Å²) in [4.78, 5) is 11.4. The fraction of sp³-hybridized carbons (Fsp3) is 0.444. The quantitative estimate of drug-likeness (QED) is 0.129. The second-order valence-electron chi connectivity index (χ2n) is 7.68. The lowest BCUT2D eigenvalue weighted by Gasteiger charge is -2.14. The van der Waals surface area contributed by atoms with E-state index in [0.717, 1.165) is 18.4 Å². The number of unbranched alkanes of at least 4 members (excludes halogenated alkanes) is 1. The third-order valence-electron chi connectivity index (χ3n) is 4.91. The smallest absolute Gasteiger partial charge is 0.371 e. The third kappa shape index (κ3) is 10.1. The molecule has 1 N–H and O–H groups in total. The first-order valence-corrected chi connectivity index (χ1v) is 11.9. The van der Waals surface area contributed by atoms with Gasteiger partial charge in [-0.3, -0.25) is 0 Å². The molecule has 0 aromatic heterocycles. The first-order chi connectivity index (χ1) is 17.5. The van der Waals surface area contributed by atoms with Crippen LogP contribution in [-0.2, 0) is 25.4 Å². The number of carboxylic acid groups (broad SMARTS) is 1. The summed E-state index contributed by atoms with van der Waals surface area (Å²) < 4.78 is 46.7. The van der Waals surface area contributed by atoms with Gasteiger partial charge >= 0.3 is 5.97 Å². The van der Waals surface area contributed by atoms with Crippen molar-refractivity contribution in [2.24, 2.45) is 0 Å². The van der Waals surface area contributed by atoms with Crippen molar-refractivity contribution < 1.29 is 42.7 Å². The maximum absolute atomic E-state index is 14.3. The largest absolute Gasteiger partial charge is 0.490 e. The van der Waals surface area contributed by atoms with Gasteiger partial charge in [-0.05, 0) is 54.8 Å². The first-order valence-electron chi connectivity index (χ1n) is 11.9. The first kappa shape index (κ1) is 28.9. The van der Waals surface area contributed by atoms with Gasteiger partial charge in [-0.15, -0.1) is 0 Å². The average Bonchev–Trinajstić information content (AvgIpc) is 2.86. The Bertz CT molecular complexity index is 976. The van der Waals surface area contributed by atoms with Gasteiger partial charge in [0.05, 0.1) is 33.0 Å². The van der Waals surface area contributed by atoms with Gasteiger partial charge in [0.2, 0.25) is 5.76 Å². The second kappa shape index (κ2) is 16.4. The summed E-state index contributed by atoms with van der Waals surface area (Å²) in [7, 11) is 1.57. The van der Waals surface area contributed by atoms with Crippen molar-refractivity contribution in [2.45, 2.75) is 33.1 Å². The molecule has 8 nitrogen and oxygen atoms in total. The zero-order valence-electron chi connectivity index (χ0n) is 21.1. The minimum atomic E-state index is -1.15. The van der Waals surface area contributed by atoms with Crippen LogP contribution in [0.2, 0.25) is 0 Å². The molecule has 0 aliphatic carbocycles. The summed E-state index contributed by atoms with van der Waals surface area (Å²) in [5, 5.41) is 9.30. The lowest BCUT2D eigenvalue weighted by molar-refractivity contribution is -0.136. The van der Waals surface area contributed by atoms with Crippen LogP contribution < -0.4 is 14.2 Å². The molecule has 0 amide bonds. The van der Waals surface area contributed by atoms with Gasteiger partial charge in [-0.1, -0.05) is 25.5 Å². The van der Waals surface area contributed by atoms with E-state index in [1.165, 1.54) is 12.1 Å². The van der Waals surface area contributed by atoms with Crippen molar-refractivity contribution in [1.29, 1.82) is 0 Å². The molecule has 9 heteroatoms. The van der Waals surface area contributed by atoms with Crippen molar-refractivity contribution >= 4 is 12.0 Å². The molecule has 2 aromatic carbocycles. The Kier molecular flexibility index (Phi) is 13.2. The van der Waals surface area contributed by atoms with Gasteiger partial charge in [-0.25, -0.2) is 9.18 Å². The van der Waals surface area contributed by atoms with Crippen molar-refractivity contribution in [1.82, 2.24) is 0 Å². The van der Waals surface area contributed by atoms with E-state index in [1.54, 1.807) is 44.4 Å². The lowest BCUT2D eigenvalue weighted by atomic mass is 10.1. The minimum absolute atomic E-state index is 0.0622. The number of hydrogen-bond acceptors (Lipinski definition) is 7. The molecule has 198 valence electrons. The highest BCUT2D eigenvalue weighted by molar-refractivity contribution is 5.90. The number of benzene rings is 2. The zero-order valence-corrected chi connectivity index (χ0v) is 21.1. The predicted octanol–water partition coefficient (Wildman–Crippen LogP) is 5.09. The van der Waals surface area contributed by atoms with Crippen molar-refractivity contribution in [3.05, 3.63) is 59.1 Å². The predicted molar refractivity (Wildman–Crippen MR) is 133 cm³/mol. The molecule has 0 radical (unpaired) electrons. The van der Waals surface area contributed by atoms with Crippen LogP contribution in [0, 0.1) is 5.82 Å². The van der Waals surface area contributed by atoms with Crippen LogP contribution in [0.5, 0.6) is 17.2 Å². The molecular formula is C27H35FO8. The van der Waals surface area contributed by atoms with Gasteiger partial charge in [0.1, 0.15) is 0 Å². The van der Waals surface area contributed by atoms with E-state index in [4.69, 9.17) is 28.4 Å². The van der Waals surface area contributed by atoms with Crippen molar-refractivity contribution in [2.75, 3.05) is 46.9 Å². The highest BCUT2D eigenvalue weighted by atomic mass is 19.1. The SMILES string of the molecule is CCCCOc1cc(/C=C(\OCC)C(=O)O)ccc1OCCc1ccc(OCOCCOC)c(F)c1. The number of aliphatic carboxylic acids is 1. The number of halogens is 1. The molecule has 0 spiro atoms. The van der Waals surface area contributed by atoms with E-state index in [2.05, 4.69) is 6.92 Å². The van der Waals surface area contributed by atoms with E-state index < -0.39 is 11.8 Å². The maximum atomic E-state index is 14.3. The number of methoxy groups -OCH3 is 1. The van der Waals surface area contributed by atoms with Gasteiger partial charge in [0.25, 0.3) is 0 Å². The third-order valence-corrected chi connectivity index (χ3v) is 4.91.